The largest absolute Gasteiger partial charge is 0.374 e. The van der Waals surface area contributed by atoms with E-state index in [1.54, 1.807) is 12.1 Å². The van der Waals surface area contributed by atoms with Gasteiger partial charge in [0, 0.05) is 19.3 Å². The molecule has 2 heterocycles. The Morgan fingerprint density at radius 1 is 1.24 bits per heavy atom. The standard InChI is InChI=1S/C14H16N4O2S/c1-18-6-2-3-11-4-5-13(7-14(11)18)21(19,20)17-12-8-15-10-16-9-12/h4-5,7-10,17H,2-3,6H2,1H3. The molecule has 0 bridgehead atoms. The van der Waals surface area contributed by atoms with Gasteiger partial charge in [0.1, 0.15) is 6.33 Å². The van der Waals surface area contributed by atoms with Crippen molar-refractivity contribution in [3.63, 3.8) is 0 Å². The van der Waals surface area contributed by atoms with Gasteiger partial charge in [0.05, 0.1) is 23.0 Å². The number of nitrogens with zero attached hydrogens (tertiary/aromatic N) is 3. The molecule has 0 saturated carbocycles. The zero-order valence-corrected chi connectivity index (χ0v) is 12.5. The second-order valence-electron chi connectivity index (χ2n) is 5.05. The maximum atomic E-state index is 12.4. The lowest BCUT2D eigenvalue weighted by Crippen LogP contribution is -2.25. The lowest BCUT2D eigenvalue weighted by Gasteiger charge is -2.27. The highest BCUT2D eigenvalue weighted by Gasteiger charge is 2.20. The fourth-order valence-corrected chi connectivity index (χ4v) is 3.52. The summed E-state index contributed by atoms with van der Waals surface area (Å²) in [7, 11) is -1.65. The zero-order valence-electron chi connectivity index (χ0n) is 11.7. The summed E-state index contributed by atoms with van der Waals surface area (Å²) in [5.74, 6) is 0. The Balaban J connectivity index is 1.94. The Hall–Kier alpha value is -2.15. The highest BCUT2D eigenvalue weighted by molar-refractivity contribution is 7.92. The maximum Gasteiger partial charge on any atom is 0.262 e. The number of aryl methyl sites for hydroxylation is 1. The molecule has 0 aliphatic carbocycles. The van der Waals surface area contributed by atoms with Gasteiger partial charge in [-0.05, 0) is 30.5 Å². The molecule has 0 saturated heterocycles. The first-order valence-corrected chi connectivity index (χ1v) is 8.16. The summed E-state index contributed by atoms with van der Waals surface area (Å²) in [6, 6.07) is 5.26. The van der Waals surface area contributed by atoms with Crippen molar-refractivity contribution in [1.29, 1.82) is 0 Å². The molecule has 7 heteroatoms. The molecule has 1 aliphatic rings. The van der Waals surface area contributed by atoms with Crippen LogP contribution in [0.5, 0.6) is 0 Å². The molecular formula is C14H16N4O2S. The van der Waals surface area contributed by atoms with Crippen molar-refractivity contribution in [2.24, 2.45) is 0 Å². The van der Waals surface area contributed by atoms with E-state index >= 15 is 0 Å². The lowest BCUT2D eigenvalue weighted by atomic mass is 10.0. The number of hydrogen-bond acceptors (Lipinski definition) is 5. The Morgan fingerprint density at radius 2 is 2.00 bits per heavy atom. The highest BCUT2D eigenvalue weighted by Crippen LogP contribution is 2.29. The molecule has 0 spiro atoms. The summed E-state index contributed by atoms with van der Waals surface area (Å²) in [4.78, 5) is 9.93. The van der Waals surface area contributed by atoms with E-state index in [1.165, 1.54) is 24.3 Å². The fourth-order valence-electron chi connectivity index (χ4n) is 2.47. The molecule has 110 valence electrons. The van der Waals surface area contributed by atoms with Gasteiger partial charge in [-0.2, -0.15) is 0 Å². The minimum Gasteiger partial charge on any atom is -0.374 e. The number of rotatable bonds is 3. The van der Waals surface area contributed by atoms with E-state index in [4.69, 9.17) is 0 Å². The van der Waals surface area contributed by atoms with Gasteiger partial charge >= 0.3 is 0 Å². The monoisotopic (exact) mass is 304 g/mol. The van der Waals surface area contributed by atoms with Gasteiger partial charge in [0.25, 0.3) is 10.0 Å². The molecule has 3 rings (SSSR count). The van der Waals surface area contributed by atoms with Crippen molar-refractivity contribution in [3.05, 3.63) is 42.5 Å². The van der Waals surface area contributed by atoms with Crippen LogP contribution >= 0.6 is 0 Å². The van der Waals surface area contributed by atoms with Crippen LogP contribution in [-0.2, 0) is 16.4 Å². The zero-order chi connectivity index (χ0) is 14.9. The van der Waals surface area contributed by atoms with Crippen LogP contribution < -0.4 is 9.62 Å². The highest BCUT2D eigenvalue weighted by atomic mass is 32.2. The molecule has 0 radical (unpaired) electrons. The topological polar surface area (TPSA) is 75.2 Å². The minimum atomic E-state index is -3.63. The second kappa shape index (κ2) is 5.33. The van der Waals surface area contributed by atoms with E-state index in [1.807, 2.05) is 13.1 Å². The van der Waals surface area contributed by atoms with Crippen LogP contribution in [0, 0.1) is 0 Å². The fraction of sp³-hybridized carbons (Fsp3) is 0.286. The van der Waals surface area contributed by atoms with Crippen molar-refractivity contribution < 1.29 is 8.42 Å². The van der Waals surface area contributed by atoms with Crippen LogP contribution in [0.1, 0.15) is 12.0 Å². The molecule has 1 aromatic carbocycles. The Labute approximate surface area is 123 Å². The van der Waals surface area contributed by atoms with Crippen LogP contribution in [-0.4, -0.2) is 32.0 Å². The van der Waals surface area contributed by atoms with Gasteiger partial charge in [0.2, 0.25) is 0 Å². The number of sulfonamides is 1. The minimum absolute atomic E-state index is 0.249. The first-order chi connectivity index (χ1) is 10.1. The van der Waals surface area contributed by atoms with Gasteiger partial charge in [0.15, 0.2) is 0 Å². The van der Waals surface area contributed by atoms with Crippen molar-refractivity contribution in [1.82, 2.24) is 9.97 Å². The van der Waals surface area contributed by atoms with Crippen LogP contribution in [0.15, 0.2) is 41.8 Å². The SMILES string of the molecule is CN1CCCc2ccc(S(=O)(=O)Nc3cncnc3)cc21. The number of anilines is 2. The van der Waals surface area contributed by atoms with Crippen molar-refractivity contribution in [2.75, 3.05) is 23.2 Å². The molecule has 1 aliphatic heterocycles. The molecule has 1 N–H and O–H groups in total. The first kappa shape index (κ1) is 13.8. The van der Waals surface area contributed by atoms with Crippen LogP contribution in [0.3, 0.4) is 0 Å². The Morgan fingerprint density at radius 3 is 2.76 bits per heavy atom. The van der Waals surface area contributed by atoms with Crippen molar-refractivity contribution in [3.8, 4) is 0 Å². The lowest BCUT2D eigenvalue weighted by molar-refractivity contribution is 0.601. The number of hydrogen-bond donors (Lipinski definition) is 1. The van der Waals surface area contributed by atoms with Gasteiger partial charge in [-0.15, -0.1) is 0 Å². The first-order valence-electron chi connectivity index (χ1n) is 6.68. The van der Waals surface area contributed by atoms with E-state index in [-0.39, 0.29) is 4.90 Å². The average molecular weight is 304 g/mol. The Bertz CT molecular complexity index is 747. The smallest absolute Gasteiger partial charge is 0.262 e. The number of aromatic nitrogens is 2. The summed E-state index contributed by atoms with van der Waals surface area (Å²) in [5.41, 5.74) is 2.52. The average Bonchev–Trinajstić information content (AvgIpc) is 2.48. The summed E-state index contributed by atoms with van der Waals surface area (Å²) in [6.45, 7) is 0.941. The normalized spacial score (nSPS) is 14.6. The summed E-state index contributed by atoms with van der Waals surface area (Å²) >= 11 is 0. The summed E-state index contributed by atoms with van der Waals surface area (Å²) in [6.07, 6.45) is 6.28. The summed E-state index contributed by atoms with van der Waals surface area (Å²) in [5, 5.41) is 0. The molecule has 0 unspecified atom stereocenters. The molecular weight excluding hydrogens is 288 g/mol. The van der Waals surface area contributed by atoms with Gasteiger partial charge < -0.3 is 4.90 Å². The summed E-state index contributed by atoms with van der Waals surface area (Å²) < 4.78 is 27.3. The van der Waals surface area contributed by atoms with Crippen molar-refractivity contribution in [2.45, 2.75) is 17.7 Å². The van der Waals surface area contributed by atoms with E-state index in [0.717, 1.165) is 25.1 Å². The van der Waals surface area contributed by atoms with Gasteiger partial charge in [-0.1, -0.05) is 6.07 Å². The molecule has 21 heavy (non-hydrogen) atoms. The number of benzene rings is 1. The molecule has 6 nitrogen and oxygen atoms in total. The van der Waals surface area contributed by atoms with Crippen molar-refractivity contribution >= 4 is 21.4 Å². The van der Waals surface area contributed by atoms with E-state index in [2.05, 4.69) is 19.6 Å². The van der Waals surface area contributed by atoms with Crippen LogP contribution in [0.4, 0.5) is 11.4 Å². The van der Waals surface area contributed by atoms with Crippen LogP contribution in [0.25, 0.3) is 0 Å². The van der Waals surface area contributed by atoms with E-state index in [9.17, 15) is 8.42 Å². The van der Waals surface area contributed by atoms with Crippen LogP contribution in [0.2, 0.25) is 0 Å². The molecule has 1 aromatic heterocycles. The predicted octanol–water partition coefficient (Wildman–Crippen LogP) is 1.66. The van der Waals surface area contributed by atoms with E-state index < -0.39 is 10.0 Å². The van der Waals surface area contributed by atoms with Gasteiger partial charge in [-0.3, -0.25) is 4.72 Å². The third-order valence-electron chi connectivity index (χ3n) is 3.53. The molecule has 2 aromatic rings. The number of fused-ring (bicyclic) bond motifs is 1. The second-order valence-corrected chi connectivity index (χ2v) is 6.73. The molecule has 0 fully saturated rings. The maximum absolute atomic E-state index is 12.4. The molecule has 0 amide bonds. The number of nitrogens with one attached hydrogen (secondary N) is 1. The Kier molecular flexibility index (Phi) is 3.50. The quantitative estimate of drug-likeness (QED) is 0.933. The third-order valence-corrected chi connectivity index (χ3v) is 4.91. The molecule has 0 atom stereocenters. The third kappa shape index (κ3) is 2.82. The predicted molar refractivity (Wildman–Crippen MR) is 80.9 cm³/mol. The van der Waals surface area contributed by atoms with Gasteiger partial charge in [-0.25, -0.2) is 18.4 Å². The van der Waals surface area contributed by atoms with E-state index in [0.29, 0.717) is 5.69 Å².